The third-order valence-corrected chi connectivity index (χ3v) is 5.95. The quantitative estimate of drug-likeness (QED) is 0.610. The van der Waals surface area contributed by atoms with Crippen molar-refractivity contribution in [3.63, 3.8) is 0 Å². The minimum atomic E-state index is -0.184. The van der Waals surface area contributed by atoms with Gasteiger partial charge in [-0.25, -0.2) is 0 Å². The van der Waals surface area contributed by atoms with Crippen molar-refractivity contribution >= 4 is 28.9 Å². The van der Waals surface area contributed by atoms with E-state index in [1.165, 1.54) is 11.3 Å². The van der Waals surface area contributed by atoms with E-state index in [4.69, 9.17) is 0 Å². The molecule has 0 atom stereocenters. The molecule has 2 N–H and O–H groups in total. The Hall–Kier alpha value is -3.60. The average molecular weight is 412 g/mol. The lowest BCUT2D eigenvalue weighted by molar-refractivity contribution is -0.117. The van der Waals surface area contributed by atoms with Gasteiger partial charge in [0.2, 0.25) is 5.91 Å². The summed E-state index contributed by atoms with van der Waals surface area (Å²) in [6, 6.07) is 23.5. The van der Waals surface area contributed by atoms with Crippen LogP contribution in [0.3, 0.4) is 0 Å². The summed E-state index contributed by atoms with van der Waals surface area (Å²) in [4.78, 5) is 27.3. The molecule has 0 bridgehead atoms. The van der Waals surface area contributed by atoms with Crippen molar-refractivity contribution in [3.05, 3.63) is 89.5 Å². The van der Waals surface area contributed by atoms with E-state index < -0.39 is 0 Å². The van der Waals surface area contributed by atoms with Crippen LogP contribution in [0.15, 0.2) is 72.8 Å². The molecular formula is C26H25N3O2. The summed E-state index contributed by atoms with van der Waals surface area (Å²) in [5, 5.41) is 5.97. The molecule has 1 saturated carbocycles. The zero-order valence-electron chi connectivity index (χ0n) is 17.3. The molecule has 5 heteroatoms. The predicted molar refractivity (Wildman–Crippen MR) is 123 cm³/mol. The van der Waals surface area contributed by atoms with Gasteiger partial charge in [-0.1, -0.05) is 42.5 Å². The molecule has 0 radical (unpaired) electrons. The summed E-state index contributed by atoms with van der Waals surface area (Å²) in [6.45, 7) is 1.72. The summed E-state index contributed by atoms with van der Waals surface area (Å²) in [6.07, 6.45) is 2.94. The van der Waals surface area contributed by atoms with E-state index in [1.807, 2.05) is 24.3 Å². The van der Waals surface area contributed by atoms with Crippen LogP contribution in [0.5, 0.6) is 0 Å². The van der Waals surface area contributed by atoms with Gasteiger partial charge >= 0.3 is 0 Å². The second kappa shape index (κ2) is 8.26. The maximum Gasteiger partial charge on any atom is 0.255 e. The molecule has 0 aromatic heterocycles. The van der Waals surface area contributed by atoms with E-state index >= 15 is 0 Å². The van der Waals surface area contributed by atoms with Gasteiger partial charge in [0.05, 0.1) is 0 Å². The fraction of sp³-hybridized carbons (Fsp3) is 0.231. The van der Waals surface area contributed by atoms with Crippen molar-refractivity contribution in [1.29, 1.82) is 0 Å². The molecule has 3 aromatic carbocycles. The highest BCUT2D eigenvalue weighted by molar-refractivity contribution is 6.06. The maximum atomic E-state index is 12.9. The fourth-order valence-corrected chi connectivity index (χ4v) is 4.08. The van der Waals surface area contributed by atoms with Crippen molar-refractivity contribution in [2.75, 3.05) is 22.1 Å². The molecular weight excluding hydrogens is 386 g/mol. The zero-order chi connectivity index (χ0) is 21.2. The summed E-state index contributed by atoms with van der Waals surface area (Å²) >= 11 is 0. The molecule has 0 spiro atoms. The Labute approximate surface area is 182 Å². The monoisotopic (exact) mass is 411 g/mol. The molecule has 156 valence electrons. The van der Waals surface area contributed by atoms with Crippen molar-refractivity contribution in [3.8, 4) is 0 Å². The first-order valence-electron chi connectivity index (χ1n) is 10.8. The minimum absolute atomic E-state index is 0.0359. The Kier molecular flexibility index (Phi) is 5.16. The number of fused-ring (bicyclic) bond motifs is 1. The number of para-hydroxylation sites is 2. The van der Waals surface area contributed by atoms with Gasteiger partial charge in [0, 0.05) is 41.6 Å². The lowest BCUT2D eigenvalue weighted by Gasteiger charge is -2.21. The number of anilines is 3. The highest BCUT2D eigenvalue weighted by Gasteiger charge is 2.29. The standard InChI is InChI=1S/C26H25N3O2/c30-25(19-12-13-19)27-22-9-5-8-20(16-22)26(31)28-23-10-3-1-7-21(23)17-29-15-14-18-6-2-4-11-24(18)29/h1-11,16,19H,12-15,17H2,(H,27,30)(H,28,31). The number of nitrogens with one attached hydrogen (secondary N) is 2. The Morgan fingerprint density at radius 1 is 0.903 bits per heavy atom. The van der Waals surface area contributed by atoms with E-state index in [-0.39, 0.29) is 17.7 Å². The van der Waals surface area contributed by atoms with Gasteiger partial charge in [0.15, 0.2) is 0 Å². The second-order valence-corrected chi connectivity index (χ2v) is 8.26. The molecule has 1 aliphatic heterocycles. The Morgan fingerprint density at radius 3 is 2.58 bits per heavy atom. The van der Waals surface area contributed by atoms with Crippen LogP contribution in [0.4, 0.5) is 17.1 Å². The van der Waals surface area contributed by atoms with Gasteiger partial charge in [0.1, 0.15) is 0 Å². The van der Waals surface area contributed by atoms with Crippen molar-refractivity contribution < 1.29 is 9.59 Å². The van der Waals surface area contributed by atoms with Crippen LogP contribution in [0.1, 0.15) is 34.3 Å². The number of rotatable bonds is 6. The largest absolute Gasteiger partial charge is 0.367 e. The number of hydrogen-bond acceptors (Lipinski definition) is 3. The summed E-state index contributed by atoms with van der Waals surface area (Å²) in [7, 11) is 0. The highest BCUT2D eigenvalue weighted by Crippen LogP contribution is 2.31. The van der Waals surface area contributed by atoms with Gasteiger partial charge in [-0.05, 0) is 60.7 Å². The molecule has 1 aliphatic carbocycles. The van der Waals surface area contributed by atoms with E-state index in [0.717, 1.165) is 43.6 Å². The van der Waals surface area contributed by atoms with E-state index in [0.29, 0.717) is 11.3 Å². The molecule has 2 aliphatic rings. The first-order chi connectivity index (χ1) is 15.2. The van der Waals surface area contributed by atoms with Gasteiger partial charge < -0.3 is 15.5 Å². The summed E-state index contributed by atoms with van der Waals surface area (Å²) in [5.41, 5.74) is 5.70. The number of carbonyl (C=O) groups is 2. The Balaban J connectivity index is 1.31. The number of benzene rings is 3. The minimum Gasteiger partial charge on any atom is -0.367 e. The number of nitrogens with zero attached hydrogens (tertiary/aromatic N) is 1. The summed E-state index contributed by atoms with van der Waals surface area (Å²) in [5.74, 6) is -0.0225. The van der Waals surface area contributed by atoms with Crippen LogP contribution in [0.2, 0.25) is 0 Å². The molecule has 2 amide bonds. The van der Waals surface area contributed by atoms with Crippen LogP contribution < -0.4 is 15.5 Å². The van der Waals surface area contributed by atoms with Gasteiger partial charge in [-0.2, -0.15) is 0 Å². The molecule has 0 saturated heterocycles. The molecule has 3 aromatic rings. The third-order valence-electron chi connectivity index (χ3n) is 5.95. The third kappa shape index (κ3) is 4.31. The fourth-order valence-electron chi connectivity index (χ4n) is 4.08. The van der Waals surface area contributed by atoms with Crippen LogP contribution in [-0.4, -0.2) is 18.4 Å². The van der Waals surface area contributed by atoms with Crippen LogP contribution in [-0.2, 0) is 17.8 Å². The lowest BCUT2D eigenvalue weighted by Crippen LogP contribution is -2.21. The first kappa shape index (κ1) is 19.4. The molecule has 5 rings (SSSR count). The van der Waals surface area contributed by atoms with Gasteiger partial charge in [0.25, 0.3) is 5.91 Å². The van der Waals surface area contributed by atoms with Crippen molar-refractivity contribution in [2.45, 2.75) is 25.8 Å². The molecule has 1 fully saturated rings. The Morgan fingerprint density at radius 2 is 1.71 bits per heavy atom. The molecule has 5 nitrogen and oxygen atoms in total. The topological polar surface area (TPSA) is 61.4 Å². The van der Waals surface area contributed by atoms with Crippen molar-refractivity contribution in [2.24, 2.45) is 5.92 Å². The number of amides is 2. The average Bonchev–Trinajstić information content (AvgIpc) is 3.57. The normalized spacial score (nSPS) is 14.8. The molecule has 31 heavy (non-hydrogen) atoms. The van der Waals surface area contributed by atoms with Crippen LogP contribution in [0.25, 0.3) is 0 Å². The molecule has 1 heterocycles. The van der Waals surface area contributed by atoms with Gasteiger partial charge in [-0.3, -0.25) is 9.59 Å². The first-order valence-corrected chi connectivity index (χ1v) is 10.8. The predicted octanol–water partition coefficient (Wildman–Crippen LogP) is 4.85. The van der Waals surface area contributed by atoms with E-state index in [2.05, 4.69) is 45.9 Å². The Bertz CT molecular complexity index is 1140. The lowest BCUT2D eigenvalue weighted by atomic mass is 10.1. The summed E-state index contributed by atoms with van der Waals surface area (Å²) < 4.78 is 0. The highest BCUT2D eigenvalue weighted by atomic mass is 16.2. The van der Waals surface area contributed by atoms with Crippen LogP contribution in [0, 0.1) is 5.92 Å². The number of hydrogen-bond donors (Lipinski definition) is 2. The van der Waals surface area contributed by atoms with Gasteiger partial charge in [-0.15, -0.1) is 0 Å². The smallest absolute Gasteiger partial charge is 0.255 e. The van der Waals surface area contributed by atoms with E-state index in [1.54, 1.807) is 18.2 Å². The van der Waals surface area contributed by atoms with Crippen LogP contribution >= 0.6 is 0 Å². The molecule has 0 unspecified atom stereocenters. The zero-order valence-corrected chi connectivity index (χ0v) is 17.3. The van der Waals surface area contributed by atoms with E-state index in [9.17, 15) is 9.59 Å². The second-order valence-electron chi connectivity index (χ2n) is 8.26. The SMILES string of the molecule is O=C(Nc1ccccc1CN1CCc2ccccc21)c1cccc(NC(=O)C2CC2)c1. The van der Waals surface area contributed by atoms with Crippen molar-refractivity contribution in [1.82, 2.24) is 0 Å². The maximum absolute atomic E-state index is 12.9. The number of carbonyl (C=O) groups excluding carboxylic acids is 2.